The van der Waals surface area contributed by atoms with Crippen LogP contribution in [0.15, 0.2) is 46.6 Å². The molecule has 4 aromatic heterocycles. The maximum atomic E-state index is 12.8. The van der Waals surface area contributed by atoms with Gasteiger partial charge in [0.2, 0.25) is 5.95 Å². The van der Waals surface area contributed by atoms with Crippen molar-refractivity contribution in [1.82, 2.24) is 39.1 Å². The molecule has 0 radical (unpaired) electrons. The van der Waals surface area contributed by atoms with Gasteiger partial charge in [-0.1, -0.05) is 11.6 Å². The number of hydrogen-bond donors (Lipinski definition) is 0. The third kappa shape index (κ3) is 3.64. The fraction of sp³-hybridized carbons (Fsp3) is 0.350. The van der Waals surface area contributed by atoms with E-state index in [1.165, 1.54) is 15.3 Å². The van der Waals surface area contributed by atoms with E-state index >= 15 is 0 Å². The van der Waals surface area contributed by atoms with E-state index in [-0.39, 0.29) is 6.04 Å². The van der Waals surface area contributed by atoms with Gasteiger partial charge in [-0.3, -0.25) is 14.2 Å². The zero-order valence-corrected chi connectivity index (χ0v) is 18.1. The predicted octanol–water partition coefficient (Wildman–Crippen LogP) is 1.02. The lowest BCUT2D eigenvalue weighted by atomic mass is 10.0. The minimum absolute atomic E-state index is 0.144. The lowest BCUT2D eigenvalue weighted by Crippen LogP contribution is -2.45. The van der Waals surface area contributed by atoms with Gasteiger partial charge in [-0.05, 0) is 18.9 Å². The highest BCUT2D eigenvalue weighted by atomic mass is 35.5. The Hall–Kier alpha value is -3.60. The smallest absolute Gasteiger partial charge is 0.318 e. The van der Waals surface area contributed by atoms with E-state index in [0.717, 1.165) is 5.56 Å². The summed E-state index contributed by atoms with van der Waals surface area (Å²) in [7, 11) is 1.56. The summed E-state index contributed by atoms with van der Waals surface area (Å²) in [6.45, 7) is 1.81. The molecule has 4 aromatic rings. The number of halogens is 1. The van der Waals surface area contributed by atoms with E-state index < -0.39 is 11.1 Å². The maximum Gasteiger partial charge on any atom is 0.318 e. The number of piperidine rings is 1. The molecule has 0 N–H and O–H groups in total. The van der Waals surface area contributed by atoms with E-state index in [0.29, 0.717) is 54.6 Å². The Kier molecular flexibility index (Phi) is 5.17. The number of hydrogen-bond acceptors (Lipinski definition) is 8. The Balaban J connectivity index is 1.36. The van der Waals surface area contributed by atoms with E-state index in [4.69, 9.17) is 11.6 Å². The summed E-state index contributed by atoms with van der Waals surface area (Å²) in [6.07, 6.45) is 9.60. The van der Waals surface area contributed by atoms with Crippen molar-refractivity contribution in [1.29, 1.82) is 0 Å². The van der Waals surface area contributed by atoms with Crippen LogP contribution in [0.1, 0.15) is 24.4 Å². The van der Waals surface area contributed by atoms with E-state index in [1.54, 1.807) is 42.7 Å². The third-order valence-corrected chi connectivity index (χ3v) is 5.91. The second-order valence-corrected chi connectivity index (χ2v) is 8.14. The molecule has 0 aliphatic carbocycles. The first-order valence-corrected chi connectivity index (χ1v) is 10.6. The van der Waals surface area contributed by atoms with Crippen LogP contribution in [0.25, 0.3) is 11.2 Å². The summed E-state index contributed by atoms with van der Waals surface area (Å²) < 4.78 is 2.82. The first kappa shape index (κ1) is 20.3. The van der Waals surface area contributed by atoms with Crippen molar-refractivity contribution in [2.75, 3.05) is 18.0 Å². The van der Waals surface area contributed by atoms with Gasteiger partial charge >= 0.3 is 11.1 Å². The molecule has 1 aliphatic rings. The fourth-order valence-electron chi connectivity index (χ4n) is 4.05. The first-order chi connectivity index (χ1) is 15.5. The monoisotopic (exact) mass is 453 g/mol. The van der Waals surface area contributed by atoms with Gasteiger partial charge in [-0.25, -0.2) is 15.0 Å². The normalized spacial score (nSPS) is 14.9. The number of anilines is 1. The number of aryl methyl sites for hydroxylation is 1. The molecule has 0 bridgehead atoms. The molecule has 32 heavy (non-hydrogen) atoms. The molecule has 0 saturated carbocycles. The van der Waals surface area contributed by atoms with Gasteiger partial charge in [0.25, 0.3) is 0 Å². The second kappa shape index (κ2) is 8.15. The van der Waals surface area contributed by atoms with Crippen LogP contribution in [0.5, 0.6) is 0 Å². The largest absolute Gasteiger partial charge is 0.341 e. The molecule has 5 rings (SSSR count). The van der Waals surface area contributed by atoms with Gasteiger partial charge in [0.05, 0.1) is 29.5 Å². The molecule has 1 fully saturated rings. The summed E-state index contributed by atoms with van der Waals surface area (Å²) in [4.78, 5) is 42.3. The average molecular weight is 454 g/mol. The Bertz CT molecular complexity index is 1370. The molecule has 1 aliphatic heterocycles. The molecule has 12 heteroatoms. The third-order valence-electron chi connectivity index (χ3n) is 5.70. The molecule has 0 aromatic carbocycles. The van der Waals surface area contributed by atoms with Crippen LogP contribution in [-0.2, 0) is 13.6 Å². The zero-order valence-electron chi connectivity index (χ0n) is 17.3. The minimum Gasteiger partial charge on any atom is -0.341 e. The van der Waals surface area contributed by atoms with Gasteiger partial charge in [0.15, 0.2) is 5.65 Å². The summed E-state index contributed by atoms with van der Waals surface area (Å²) in [5.74, 6) is 0.631. The molecule has 164 valence electrons. The molecule has 5 heterocycles. The SMILES string of the molecule is Cn1c(=O)c(=O)n(C2CCN(c3ncc(Cn4nccn4)cn3)CC2)c2ncc(Cl)cc21. The summed E-state index contributed by atoms with van der Waals surface area (Å²) in [5, 5.41) is 8.58. The van der Waals surface area contributed by atoms with E-state index in [9.17, 15) is 9.59 Å². The van der Waals surface area contributed by atoms with Crippen molar-refractivity contribution >= 4 is 28.7 Å². The number of rotatable bonds is 4. The van der Waals surface area contributed by atoms with Crippen LogP contribution in [-0.4, -0.2) is 52.2 Å². The highest BCUT2D eigenvalue weighted by molar-refractivity contribution is 6.31. The van der Waals surface area contributed by atoms with Gasteiger partial charge in [0, 0.05) is 50.3 Å². The van der Waals surface area contributed by atoms with Gasteiger partial charge in [-0.2, -0.15) is 15.0 Å². The summed E-state index contributed by atoms with van der Waals surface area (Å²) in [5.41, 5.74) is 0.751. The number of fused-ring (bicyclic) bond motifs is 1. The lowest BCUT2D eigenvalue weighted by molar-refractivity contribution is 0.389. The van der Waals surface area contributed by atoms with Crippen LogP contribution in [0.4, 0.5) is 5.95 Å². The van der Waals surface area contributed by atoms with Crippen molar-refractivity contribution in [3.05, 3.63) is 68.3 Å². The zero-order chi connectivity index (χ0) is 22.2. The molecular formula is C20H20ClN9O2. The molecule has 0 unspecified atom stereocenters. The van der Waals surface area contributed by atoms with Crippen molar-refractivity contribution in [2.24, 2.45) is 7.05 Å². The lowest BCUT2D eigenvalue weighted by Gasteiger charge is -2.33. The van der Waals surface area contributed by atoms with Crippen LogP contribution >= 0.6 is 11.6 Å². The van der Waals surface area contributed by atoms with Crippen molar-refractivity contribution in [3.8, 4) is 0 Å². The van der Waals surface area contributed by atoms with Crippen LogP contribution < -0.4 is 16.0 Å². The number of nitrogens with zero attached hydrogens (tertiary/aromatic N) is 9. The summed E-state index contributed by atoms with van der Waals surface area (Å²) in [6, 6.07) is 1.51. The highest BCUT2D eigenvalue weighted by Crippen LogP contribution is 2.26. The quantitative estimate of drug-likeness (QED) is 0.420. The van der Waals surface area contributed by atoms with Crippen molar-refractivity contribution in [3.63, 3.8) is 0 Å². The Morgan fingerprint density at radius 3 is 2.38 bits per heavy atom. The molecule has 0 spiro atoms. The van der Waals surface area contributed by atoms with Crippen LogP contribution in [0.2, 0.25) is 5.02 Å². The Morgan fingerprint density at radius 2 is 1.69 bits per heavy atom. The van der Waals surface area contributed by atoms with Crippen LogP contribution in [0, 0.1) is 0 Å². The Morgan fingerprint density at radius 1 is 1.00 bits per heavy atom. The molecule has 1 saturated heterocycles. The van der Waals surface area contributed by atoms with Crippen molar-refractivity contribution < 1.29 is 0 Å². The number of pyridine rings is 1. The standard InChI is InChI=1S/C20H20ClN9O2/c1-27-16-8-14(21)11-22-17(16)30(19(32)18(27)31)15-2-6-28(7-3-15)20-23-9-13(10-24-20)12-29-25-4-5-26-29/h4-5,8-11,15H,2-3,6-7,12H2,1H3. The highest BCUT2D eigenvalue weighted by Gasteiger charge is 2.26. The molecule has 11 nitrogen and oxygen atoms in total. The second-order valence-electron chi connectivity index (χ2n) is 7.70. The Labute approximate surface area is 186 Å². The summed E-state index contributed by atoms with van der Waals surface area (Å²) >= 11 is 6.06. The predicted molar refractivity (Wildman–Crippen MR) is 118 cm³/mol. The van der Waals surface area contributed by atoms with E-state index in [1.807, 2.05) is 0 Å². The molecule has 0 atom stereocenters. The maximum absolute atomic E-state index is 12.8. The topological polar surface area (TPSA) is 117 Å². The molecular weight excluding hydrogens is 434 g/mol. The van der Waals surface area contributed by atoms with Crippen molar-refractivity contribution in [2.45, 2.75) is 25.4 Å². The van der Waals surface area contributed by atoms with Gasteiger partial charge < -0.3 is 9.47 Å². The van der Waals surface area contributed by atoms with Gasteiger partial charge in [-0.15, -0.1) is 0 Å². The number of aromatic nitrogens is 8. The fourth-order valence-corrected chi connectivity index (χ4v) is 4.20. The first-order valence-electron chi connectivity index (χ1n) is 10.2. The molecule has 0 amide bonds. The van der Waals surface area contributed by atoms with E-state index in [2.05, 4.69) is 30.0 Å². The van der Waals surface area contributed by atoms with Crippen LogP contribution in [0.3, 0.4) is 0 Å². The average Bonchev–Trinajstić information content (AvgIpc) is 3.32. The van der Waals surface area contributed by atoms with Gasteiger partial charge in [0.1, 0.15) is 0 Å². The minimum atomic E-state index is -0.588.